The molecule has 2 aliphatic rings. The van der Waals surface area contributed by atoms with E-state index in [9.17, 15) is 31.2 Å². The van der Waals surface area contributed by atoms with E-state index in [0.29, 0.717) is 42.8 Å². The quantitative estimate of drug-likeness (QED) is 0.0612. The highest BCUT2D eigenvalue weighted by molar-refractivity contribution is 7.99. The number of hydrogen-bond acceptors (Lipinski definition) is 10. The Morgan fingerprint density at radius 1 is 0.737 bits per heavy atom. The molecule has 330 valence electrons. The van der Waals surface area contributed by atoms with Crippen molar-refractivity contribution in [2.75, 3.05) is 25.6 Å². The van der Waals surface area contributed by atoms with Crippen molar-refractivity contribution in [1.29, 1.82) is 0 Å². The first-order valence-electron chi connectivity index (χ1n) is 20.6. The van der Waals surface area contributed by atoms with Gasteiger partial charge in [-0.1, -0.05) is 72.6 Å². The second-order valence-corrected chi connectivity index (χ2v) is 20.8. The Hall–Kier alpha value is -1.87. The van der Waals surface area contributed by atoms with Crippen LogP contribution < -0.4 is 0 Å². The Bertz CT molecular complexity index is 1460. The molecule has 9 nitrogen and oxygen atoms in total. The van der Waals surface area contributed by atoms with Gasteiger partial charge in [-0.05, 0) is 96.1 Å². The molecule has 1 aromatic rings. The molecule has 2 saturated heterocycles. The molecule has 2 heterocycles. The van der Waals surface area contributed by atoms with Crippen LogP contribution in [0.3, 0.4) is 0 Å². The molecule has 57 heavy (non-hydrogen) atoms. The van der Waals surface area contributed by atoms with Gasteiger partial charge in [0.25, 0.3) is 0 Å². The highest BCUT2D eigenvalue weighted by atomic mass is 32.2. The van der Waals surface area contributed by atoms with Gasteiger partial charge in [0.2, 0.25) is 0 Å². The lowest BCUT2D eigenvalue weighted by atomic mass is 9.85. The Kier molecular flexibility index (Phi) is 20.4. The zero-order valence-corrected chi connectivity index (χ0v) is 38.0. The minimum absolute atomic E-state index is 0.0338. The maximum atomic E-state index is 12.6. The van der Waals surface area contributed by atoms with Gasteiger partial charge in [0, 0.05) is 29.4 Å². The van der Waals surface area contributed by atoms with Crippen LogP contribution in [0.2, 0.25) is 0 Å². The molecular weight excluding hydrogens is 782 g/mol. The molecule has 0 amide bonds. The number of benzene rings is 1. The molecule has 14 heteroatoms. The monoisotopic (exact) mass is 852 g/mol. The van der Waals surface area contributed by atoms with E-state index in [1.54, 1.807) is 20.8 Å². The van der Waals surface area contributed by atoms with Crippen molar-refractivity contribution in [3.8, 4) is 0 Å². The number of esters is 2. The molecule has 1 aromatic carbocycles. The van der Waals surface area contributed by atoms with E-state index < -0.39 is 51.1 Å². The average Bonchev–Trinajstić information content (AvgIpc) is 3.58. The van der Waals surface area contributed by atoms with Crippen molar-refractivity contribution in [1.82, 2.24) is 0 Å². The first kappa shape index (κ1) is 51.3. The van der Waals surface area contributed by atoms with Crippen molar-refractivity contribution in [3.05, 3.63) is 30.3 Å². The van der Waals surface area contributed by atoms with Crippen LogP contribution >= 0.6 is 11.8 Å². The van der Waals surface area contributed by atoms with Gasteiger partial charge in [0.1, 0.15) is 0 Å². The van der Waals surface area contributed by atoms with E-state index in [1.165, 1.54) is 11.3 Å². The first-order valence-corrected chi connectivity index (χ1v) is 23.0. The minimum atomic E-state index is -5.67. The lowest BCUT2D eigenvalue weighted by Crippen LogP contribution is -2.32. The Morgan fingerprint density at radius 3 is 1.56 bits per heavy atom. The topological polar surface area (TPSA) is 114 Å². The fourth-order valence-corrected chi connectivity index (χ4v) is 8.51. The number of carbonyl (C=O) groups is 2. The van der Waals surface area contributed by atoms with Crippen molar-refractivity contribution in [3.63, 3.8) is 0 Å². The molecule has 0 aliphatic carbocycles. The number of alkyl halides is 3. The predicted octanol–water partition coefficient (Wildman–Crippen LogP) is 10.5. The second-order valence-electron chi connectivity index (χ2n) is 18.1. The number of rotatable bonds is 18. The van der Waals surface area contributed by atoms with Crippen molar-refractivity contribution in [2.45, 2.75) is 156 Å². The standard InChI is InChI=1S/C24H38O3S.C19H33F3O6S/c1-7-17(2)15-22-18(3)20(16-28-19-11-9-8-10-12-19)21(27-22)13-14-26-23(25)24(4,5)6;1-7-12(2)10-16-13(3)14(11-27-29(24,25)19(20,21)22)15(28-16)8-9-26-17(23)18(4,5)6/h8-12,17-18,20-22H,7,13-16H2,1-6H3;12-16H,7-11H2,1-6H3/t17-,18-,20-,21+,22-;12-,13-,14-,15+,16-/m11/s1. The molecule has 0 unspecified atom stereocenters. The van der Waals surface area contributed by atoms with Gasteiger partial charge < -0.3 is 18.9 Å². The van der Waals surface area contributed by atoms with Gasteiger partial charge >= 0.3 is 27.6 Å². The van der Waals surface area contributed by atoms with E-state index in [0.717, 1.165) is 25.0 Å². The third kappa shape index (κ3) is 16.6. The summed E-state index contributed by atoms with van der Waals surface area (Å²) in [5, 5.41) is 0. The molecule has 0 bridgehead atoms. The third-order valence-corrected chi connectivity index (χ3v) is 13.4. The summed E-state index contributed by atoms with van der Waals surface area (Å²) in [6.07, 6.45) is 4.64. The molecule has 2 aliphatic heterocycles. The van der Waals surface area contributed by atoms with Crippen molar-refractivity contribution < 1.29 is 54.3 Å². The van der Waals surface area contributed by atoms with Crippen LogP contribution in [-0.2, 0) is 42.8 Å². The Balaban J connectivity index is 0.000000394. The summed E-state index contributed by atoms with van der Waals surface area (Å²) in [4.78, 5) is 25.3. The maximum absolute atomic E-state index is 12.6. The predicted molar refractivity (Wildman–Crippen MR) is 219 cm³/mol. The molecule has 0 saturated carbocycles. The molecule has 0 radical (unpaired) electrons. The number of ether oxygens (including phenoxy) is 4. The Morgan fingerprint density at radius 2 is 1.16 bits per heavy atom. The van der Waals surface area contributed by atoms with Crippen LogP contribution in [0.4, 0.5) is 13.2 Å². The number of hydrogen-bond donors (Lipinski definition) is 0. The lowest BCUT2D eigenvalue weighted by molar-refractivity contribution is -0.154. The molecule has 0 aromatic heterocycles. The largest absolute Gasteiger partial charge is 0.523 e. The van der Waals surface area contributed by atoms with E-state index >= 15 is 0 Å². The van der Waals surface area contributed by atoms with Crippen LogP contribution in [0.15, 0.2) is 35.2 Å². The van der Waals surface area contributed by atoms with Gasteiger partial charge in [-0.3, -0.25) is 13.8 Å². The maximum Gasteiger partial charge on any atom is 0.523 e. The van der Waals surface area contributed by atoms with Gasteiger partial charge in [0.05, 0.1) is 55.1 Å². The third-order valence-electron chi connectivity index (χ3n) is 11.2. The Labute approximate surface area is 345 Å². The van der Waals surface area contributed by atoms with Gasteiger partial charge in [0.15, 0.2) is 0 Å². The molecule has 2 fully saturated rings. The molecule has 3 rings (SSSR count). The van der Waals surface area contributed by atoms with Crippen LogP contribution in [0.5, 0.6) is 0 Å². The van der Waals surface area contributed by atoms with Crippen LogP contribution in [0, 0.1) is 46.3 Å². The number of thioether (sulfide) groups is 1. The highest BCUT2D eigenvalue weighted by Crippen LogP contribution is 2.41. The summed E-state index contributed by atoms with van der Waals surface area (Å²) in [7, 11) is -5.67. The van der Waals surface area contributed by atoms with E-state index in [1.807, 2.05) is 53.3 Å². The molecule has 0 spiro atoms. The summed E-state index contributed by atoms with van der Waals surface area (Å²) in [6, 6.07) is 10.6. The zero-order valence-electron chi connectivity index (χ0n) is 36.4. The summed E-state index contributed by atoms with van der Waals surface area (Å²) < 4.78 is 88.0. The van der Waals surface area contributed by atoms with Crippen molar-refractivity contribution >= 4 is 33.8 Å². The molecule has 0 N–H and O–H groups in total. The first-order chi connectivity index (χ1) is 26.3. The van der Waals surface area contributed by atoms with E-state index in [-0.39, 0.29) is 37.1 Å². The minimum Gasteiger partial charge on any atom is -0.465 e. The second kappa shape index (κ2) is 22.7. The molecule has 10 atom stereocenters. The van der Waals surface area contributed by atoms with Crippen molar-refractivity contribution in [2.24, 2.45) is 46.3 Å². The average molecular weight is 853 g/mol. The van der Waals surface area contributed by atoms with Crippen LogP contribution in [-0.4, -0.2) is 75.9 Å². The summed E-state index contributed by atoms with van der Waals surface area (Å²) in [6.45, 7) is 23.5. The van der Waals surface area contributed by atoms with Gasteiger partial charge in [-0.25, -0.2) is 0 Å². The van der Waals surface area contributed by atoms with Gasteiger partial charge in [-0.15, -0.1) is 11.8 Å². The summed E-state index contributed by atoms with van der Waals surface area (Å²) in [5.74, 6) is 1.77. The normalized spacial score (nSPS) is 26.6. The molecular formula is C43H71F3O9S2. The lowest BCUT2D eigenvalue weighted by Gasteiger charge is -2.22. The van der Waals surface area contributed by atoms with E-state index in [2.05, 4.69) is 55.3 Å². The summed E-state index contributed by atoms with van der Waals surface area (Å²) >= 11 is 1.91. The SMILES string of the molecule is CC[C@@H](C)C[C@H]1O[C@@H](CCOC(=O)C(C)(C)C)[C@H](COS(=O)(=O)C(F)(F)F)[C@H]1C.CC[C@@H](C)C[C@H]1O[C@@H](CCOC(=O)C(C)(C)C)[C@H](CSc2ccccc2)[C@H]1C. The number of carbonyl (C=O) groups excluding carboxylic acids is 2. The fourth-order valence-electron chi connectivity index (χ4n) is 6.79. The fraction of sp³-hybridized carbons (Fsp3) is 0.814. The van der Waals surface area contributed by atoms with Crippen LogP contribution in [0.1, 0.15) is 122 Å². The number of halogens is 3. The smallest absolute Gasteiger partial charge is 0.465 e. The van der Waals surface area contributed by atoms with Gasteiger partial charge in [-0.2, -0.15) is 21.6 Å². The zero-order chi connectivity index (χ0) is 43.4. The van der Waals surface area contributed by atoms with E-state index in [4.69, 9.17) is 18.9 Å². The van der Waals surface area contributed by atoms with Crippen LogP contribution in [0.25, 0.3) is 0 Å². The highest BCUT2D eigenvalue weighted by Gasteiger charge is 2.50. The summed E-state index contributed by atoms with van der Waals surface area (Å²) in [5.41, 5.74) is -6.60.